The van der Waals surface area contributed by atoms with Gasteiger partial charge in [0.25, 0.3) is 0 Å². The topological polar surface area (TPSA) is 75.4 Å². The Morgan fingerprint density at radius 1 is 1.43 bits per heavy atom. The first kappa shape index (κ1) is 14.1. The molecule has 1 heterocycles. The average molecular weight is 287 g/mol. The second kappa shape index (κ2) is 5.15. The van der Waals surface area contributed by atoms with E-state index in [-0.39, 0.29) is 17.9 Å². The molecule has 0 spiro atoms. The molecule has 5 heteroatoms. The molecule has 1 unspecified atom stereocenters. The Labute approximate surface area is 124 Å². The fourth-order valence-corrected chi connectivity index (χ4v) is 2.67. The predicted molar refractivity (Wildman–Crippen MR) is 80.7 cm³/mol. The lowest BCUT2D eigenvalue weighted by atomic mass is 10.1. The maximum Gasteiger partial charge on any atom is 0.240 e. The van der Waals surface area contributed by atoms with E-state index in [0.717, 1.165) is 37.1 Å². The number of rotatable bonds is 4. The van der Waals surface area contributed by atoms with Crippen LogP contribution in [0.1, 0.15) is 44.2 Å². The van der Waals surface area contributed by atoms with Gasteiger partial charge in [-0.05, 0) is 43.9 Å². The number of amides is 2. The zero-order valence-electron chi connectivity index (χ0n) is 12.3. The van der Waals surface area contributed by atoms with E-state index in [0.29, 0.717) is 6.42 Å². The maximum absolute atomic E-state index is 12.0. The Balaban J connectivity index is 1.73. The fraction of sp³-hybridized carbons (Fsp3) is 0.500. The third kappa shape index (κ3) is 2.78. The van der Waals surface area contributed by atoms with E-state index < -0.39 is 5.54 Å². The number of anilines is 1. The normalized spacial score (nSPS) is 21.2. The second-order valence-electron chi connectivity index (χ2n) is 6.10. The van der Waals surface area contributed by atoms with Gasteiger partial charge in [-0.3, -0.25) is 9.59 Å². The summed E-state index contributed by atoms with van der Waals surface area (Å²) < 4.78 is 0. The molecular formula is C16H21N3O2. The van der Waals surface area contributed by atoms with E-state index in [1.807, 2.05) is 36.1 Å². The lowest BCUT2D eigenvalue weighted by molar-refractivity contribution is -0.124. The number of nitrogens with zero attached hydrogens (tertiary/aromatic N) is 1. The minimum Gasteiger partial charge on any atom is -0.348 e. The van der Waals surface area contributed by atoms with E-state index >= 15 is 0 Å². The molecule has 2 aliphatic rings. The van der Waals surface area contributed by atoms with Gasteiger partial charge in [-0.25, -0.2) is 0 Å². The van der Waals surface area contributed by atoms with Crippen molar-refractivity contribution in [1.29, 1.82) is 0 Å². The summed E-state index contributed by atoms with van der Waals surface area (Å²) in [5, 5.41) is 2.96. The first-order valence-corrected chi connectivity index (χ1v) is 7.50. The molecule has 2 amide bonds. The molecule has 1 aliphatic carbocycles. The van der Waals surface area contributed by atoms with Crippen LogP contribution in [0.2, 0.25) is 0 Å². The summed E-state index contributed by atoms with van der Waals surface area (Å²) in [6.07, 6.45) is 3.04. The number of hydrogen-bond donors (Lipinski definition) is 2. The van der Waals surface area contributed by atoms with Gasteiger partial charge in [-0.2, -0.15) is 0 Å². The van der Waals surface area contributed by atoms with Gasteiger partial charge in [-0.1, -0.05) is 12.1 Å². The molecule has 1 aliphatic heterocycles. The molecule has 3 N–H and O–H groups in total. The molecule has 5 nitrogen and oxygen atoms in total. The first-order valence-electron chi connectivity index (χ1n) is 7.50. The molecule has 21 heavy (non-hydrogen) atoms. The van der Waals surface area contributed by atoms with E-state index in [4.69, 9.17) is 5.73 Å². The molecule has 1 aromatic rings. The highest BCUT2D eigenvalue weighted by atomic mass is 16.2. The van der Waals surface area contributed by atoms with Crippen molar-refractivity contribution in [3.8, 4) is 0 Å². The van der Waals surface area contributed by atoms with Crippen LogP contribution in [0.25, 0.3) is 0 Å². The Bertz CT molecular complexity index is 581. The van der Waals surface area contributed by atoms with Gasteiger partial charge < -0.3 is 16.0 Å². The van der Waals surface area contributed by atoms with Crippen molar-refractivity contribution in [3.63, 3.8) is 0 Å². The number of nitrogens with one attached hydrogen (secondary N) is 1. The van der Waals surface area contributed by atoms with E-state index in [1.54, 1.807) is 0 Å². The molecule has 3 rings (SSSR count). The van der Waals surface area contributed by atoms with Crippen molar-refractivity contribution < 1.29 is 9.59 Å². The molecular weight excluding hydrogens is 266 g/mol. The van der Waals surface area contributed by atoms with Crippen molar-refractivity contribution in [2.45, 2.75) is 44.2 Å². The summed E-state index contributed by atoms with van der Waals surface area (Å²) in [5.74, 6) is 0.0837. The standard InChI is InChI=1S/C16H21N3O2/c1-11(18-15(21)16(17)7-8-16)12-4-2-5-13(10-12)19-9-3-6-14(19)20/h2,4-5,10-11H,3,6-9,17H2,1H3,(H,18,21). The van der Waals surface area contributed by atoms with Crippen LogP contribution in [0.15, 0.2) is 24.3 Å². The molecule has 1 atom stereocenters. The molecule has 0 bridgehead atoms. The number of nitrogens with two attached hydrogens (primary N) is 1. The average Bonchev–Trinajstić information content (AvgIpc) is 3.08. The van der Waals surface area contributed by atoms with Crippen LogP contribution in [0.4, 0.5) is 5.69 Å². The largest absolute Gasteiger partial charge is 0.348 e. The summed E-state index contributed by atoms with van der Waals surface area (Å²) in [5.41, 5.74) is 7.14. The lowest BCUT2D eigenvalue weighted by Gasteiger charge is -2.20. The van der Waals surface area contributed by atoms with Crippen molar-refractivity contribution in [2.75, 3.05) is 11.4 Å². The Hall–Kier alpha value is -1.88. The van der Waals surface area contributed by atoms with Gasteiger partial charge in [0.1, 0.15) is 0 Å². The molecule has 0 radical (unpaired) electrons. The zero-order valence-corrected chi connectivity index (χ0v) is 12.3. The van der Waals surface area contributed by atoms with Crippen molar-refractivity contribution in [1.82, 2.24) is 5.32 Å². The lowest BCUT2D eigenvalue weighted by Crippen LogP contribution is -2.43. The number of carbonyl (C=O) groups excluding carboxylic acids is 2. The van der Waals surface area contributed by atoms with Crippen LogP contribution in [0.5, 0.6) is 0 Å². The summed E-state index contributed by atoms with van der Waals surface area (Å²) >= 11 is 0. The smallest absolute Gasteiger partial charge is 0.240 e. The first-order chi connectivity index (χ1) is 9.99. The van der Waals surface area contributed by atoms with Crippen LogP contribution in [0.3, 0.4) is 0 Å². The fourth-order valence-electron chi connectivity index (χ4n) is 2.67. The monoisotopic (exact) mass is 287 g/mol. The maximum atomic E-state index is 12.0. The molecule has 1 aromatic carbocycles. The van der Waals surface area contributed by atoms with E-state index in [9.17, 15) is 9.59 Å². The van der Waals surface area contributed by atoms with Gasteiger partial charge in [0.05, 0.1) is 11.6 Å². The molecule has 112 valence electrons. The van der Waals surface area contributed by atoms with Gasteiger partial charge >= 0.3 is 0 Å². The number of carbonyl (C=O) groups is 2. The molecule has 0 aromatic heterocycles. The summed E-state index contributed by atoms with van der Waals surface area (Å²) in [6.45, 7) is 2.71. The third-order valence-corrected chi connectivity index (χ3v) is 4.34. The quantitative estimate of drug-likeness (QED) is 0.880. The van der Waals surface area contributed by atoms with E-state index in [1.165, 1.54) is 0 Å². The minimum atomic E-state index is -0.656. The Kier molecular flexibility index (Phi) is 3.45. The highest BCUT2D eigenvalue weighted by Gasteiger charge is 2.46. The van der Waals surface area contributed by atoms with Gasteiger partial charge in [-0.15, -0.1) is 0 Å². The van der Waals surface area contributed by atoms with Crippen LogP contribution in [-0.2, 0) is 9.59 Å². The van der Waals surface area contributed by atoms with Gasteiger partial charge in [0.2, 0.25) is 11.8 Å². The van der Waals surface area contributed by atoms with Crippen molar-refractivity contribution in [3.05, 3.63) is 29.8 Å². The van der Waals surface area contributed by atoms with Crippen LogP contribution in [0, 0.1) is 0 Å². The third-order valence-electron chi connectivity index (χ3n) is 4.34. The van der Waals surface area contributed by atoms with Crippen LogP contribution < -0.4 is 16.0 Å². The molecule has 1 saturated heterocycles. The minimum absolute atomic E-state index is 0.0855. The molecule has 1 saturated carbocycles. The van der Waals surface area contributed by atoms with Crippen molar-refractivity contribution in [2.24, 2.45) is 5.73 Å². The summed E-state index contributed by atoms with van der Waals surface area (Å²) in [4.78, 5) is 25.6. The van der Waals surface area contributed by atoms with Gasteiger partial charge in [0.15, 0.2) is 0 Å². The zero-order chi connectivity index (χ0) is 15.0. The van der Waals surface area contributed by atoms with Crippen LogP contribution >= 0.6 is 0 Å². The highest BCUT2D eigenvalue weighted by molar-refractivity contribution is 5.95. The van der Waals surface area contributed by atoms with Crippen molar-refractivity contribution >= 4 is 17.5 Å². The Morgan fingerprint density at radius 2 is 2.19 bits per heavy atom. The summed E-state index contributed by atoms with van der Waals surface area (Å²) in [6, 6.07) is 7.69. The highest BCUT2D eigenvalue weighted by Crippen LogP contribution is 2.33. The SMILES string of the molecule is CC(NC(=O)C1(N)CC1)c1cccc(N2CCCC2=O)c1. The predicted octanol–water partition coefficient (Wildman–Crippen LogP) is 1.48. The number of hydrogen-bond acceptors (Lipinski definition) is 3. The second-order valence-corrected chi connectivity index (χ2v) is 6.10. The van der Waals surface area contributed by atoms with Gasteiger partial charge in [0, 0.05) is 18.7 Å². The Morgan fingerprint density at radius 3 is 2.81 bits per heavy atom. The van der Waals surface area contributed by atoms with E-state index in [2.05, 4.69) is 5.32 Å². The number of benzene rings is 1. The summed E-state index contributed by atoms with van der Waals surface area (Å²) in [7, 11) is 0. The molecule has 2 fully saturated rings. The van der Waals surface area contributed by atoms with Crippen LogP contribution in [-0.4, -0.2) is 23.9 Å².